The zero-order valence-corrected chi connectivity index (χ0v) is 11.7. The Balaban J connectivity index is 0. The van der Waals surface area contributed by atoms with E-state index in [1.807, 2.05) is 0 Å². The van der Waals surface area contributed by atoms with Gasteiger partial charge in [0, 0.05) is 17.8 Å². The number of nitrogens with zero attached hydrogens (tertiary/aromatic N) is 1. The van der Waals surface area contributed by atoms with Crippen molar-refractivity contribution in [2.45, 2.75) is 4.90 Å². The predicted molar refractivity (Wildman–Crippen MR) is 74.9 cm³/mol. The van der Waals surface area contributed by atoms with E-state index in [0.717, 1.165) is 10.8 Å². The SMILES string of the molecule is Cl.Cl.Cl.NS(=O)(=O)c1ccc2cnccc2c1. The summed E-state index contributed by atoms with van der Waals surface area (Å²) >= 11 is 0. The van der Waals surface area contributed by atoms with Gasteiger partial charge in [-0.25, -0.2) is 13.6 Å². The van der Waals surface area contributed by atoms with Crippen molar-refractivity contribution in [1.82, 2.24) is 4.98 Å². The van der Waals surface area contributed by atoms with Gasteiger partial charge in [-0.05, 0) is 23.6 Å². The first-order valence-corrected chi connectivity index (χ1v) is 5.48. The number of rotatable bonds is 1. The highest BCUT2D eigenvalue weighted by Crippen LogP contribution is 2.16. The number of nitrogens with two attached hydrogens (primary N) is 1. The zero-order valence-electron chi connectivity index (χ0n) is 8.44. The summed E-state index contributed by atoms with van der Waals surface area (Å²) in [5.74, 6) is 0. The van der Waals surface area contributed by atoms with Crippen LogP contribution in [-0.4, -0.2) is 13.4 Å². The maximum Gasteiger partial charge on any atom is 0.238 e. The Labute approximate surface area is 118 Å². The topological polar surface area (TPSA) is 73.1 Å². The largest absolute Gasteiger partial charge is 0.264 e. The Bertz CT molecular complexity index is 590. The van der Waals surface area contributed by atoms with Crippen LogP contribution in [0.2, 0.25) is 0 Å². The lowest BCUT2D eigenvalue weighted by Crippen LogP contribution is -2.11. The second-order valence-electron chi connectivity index (χ2n) is 2.93. The van der Waals surface area contributed by atoms with Gasteiger partial charge in [-0.15, -0.1) is 37.2 Å². The van der Waals surface area contributed by atoms with E-state index >= 15 is 0 Å². The summed E-state index contributed by atoms with van der Waals surface area (Å²) in [6.45, 7) is 0. The minimum absolute atomic E-state index is 0. The molecule has 0 radical (unpaired) electrons. The van der Waals surface area contributed by atoms with Gasteiger partial charge in [0.2, 0.25) is 10.0 Å². The first-order chi connectivity index (χ1) is 6.57. The standard InChI is InChI=1S/C9H8N2O2S.3ClH/c10-14(12,13)9-2-1-8-6-11-4-3-7(8)5-9;;;/h1-6H,(H2,10,12,13);3*1H. The fourth-order valence-corrected chi connectivity index (χ4v) is 1.79. The van der Waals surface area contributed by atoms with E-state index in [2.05, 4.69) is 4.98 Å². The van der Waals surface area contributed by atoms with E-state index in [-0.39, 0.29) is 42.1 Å². The normalized spacial score (nSPS) is 9.71. The number of sulfonamides is 1. The van der Waals surface area contributed by atoms with Crippen molar-refractivity contribution in [3.8, 4) is 0 Å². The Morgan fingerprint density at radius 2 is 1.65 bits per heavy atom. The summed E-state index contributed by atoms with van der Waals surface area (Å²) in [5, 5.41) is 6.70. The Hall–Kier alpha value is -0.590. The molecule has 0 aliphatic carbocycles. The Morgan fingerprint density at radius 1 is 1.00 bits per heavy atom. The molecule has 1 aromatic heterocycles. The first kappa shape index (κ1) is 18.8. The smallest absolute Gasteiger partial charge is 0.238 e. The van der Waals surface area contributed by atoms with Crippen LogP contribution >= 0.6 is 37.2 Å². The Kier molecular flexibility index (Phi) is 7.71. The number of benzene rings is 1. The molecule has 2 aromatic rings. The molecule has 8 heteroatoms. The fourth-order valence-electron chi connectivity index (χ4n) is 1.24. The van der Waals surface area contributed by atoms with Crippen molar-refractivity contribution >= 4 is 58.0 Å². The summed E-state index contributed by atoms with van der Waals surface area (Å²) < 4.78 is 22.1. The van der Waals surface area contributed by atoms with Gasteiger partial charge in [0.05, 0.1) is 4.90 Å². The number of pyridine rings is 1. The molecular weight excluding hydrogens is 307 g/mol. The molecule has 0 aliphatic heterocycles. The molecule has 17 heavy (non-hydrogen) atoms. The molecule has 0 fully saturated rings. The van der Waals surface area contributed by atoms with Crippen LogP contribution in [0.25, 0.3) is 10.8 Å². The van der Waals surface area contributed by atoms with Crippen molar-refractivity contribution < 1.29 is 8.42 Å². The lowest BCUT2D eigenvalue weighted by Gasteiger charge is -2.00. The van der Waals surface area contributed by atoms with Gasteiger partial charge in [0.25, 0.3) is 0 Å². The molecular formula is C9H11Cl3N2O2S. The molecule has 0 unspecified atom stereocenters. The highest BCUT2D eigenvalue weighted by atomic mass is 35.5. The van der Waals surface area contributed by atoms with Crippen molar-refractivity contribution in [2.75, 3.05) is 0 Å². The maximum atomic E-state index is 11.0. The number of primary sulfonamides is 1. The summed E-state index contributed by atoms with van der Waals surface area (Å²) in [7, 11) is -3.61. The quantitative estimate of drug-likeness (QED) is 0.876. The zero-order chi connectivity index (χ0) is 10.2. The molecule has 0 saturated carbocycles. The molecule has 1 heterocycles. The summed E-state index contributed by atoms with van der Waals surface area (Å²) in [4.78, 5) is 4.05. The van der Waals surface area contributed by atoms with E-state index in [4.69, 9.17) is 5.14 Å². The lowest BCUT2D eigenvalue weighted by molar-refractivity contribution is 0.598. The summed E-state index contributed by atoms with van der Waals surface area (Å²) in [5.41, 5.74) is 0. The van der Waals surface area contributed by atoms with Crippen molar-refractivity contribution in [3.05, 3.63) is 36.7 Å². The van der Waals surface area contributed by atoms with Gasteiger partial charge in [-0.2, -0.15) is 0 Å². The molecule has 0 spiro atoms. The van der Waals surface area contributed by atoms with Crippen LogP contribution in [0.3, 0.4) is 0 Å². The van der Waals surface area contributed by atoms with Crippen LogP contribution in [0.5, 0.6) is 0 Å². The van der Waals surface area contributed by atoms with Crippen LogP contribution in [0, 0.1) is 0 Å². The molecule has 0 bridgehead atoms. The highest BCUT2D eigenvalue weighted by Gasteiger charge is 2.07. The lowest BCUT2D eigenvalue weighted by atomic mass is 10.2. The molecule has 0 atom stereocenters. The second kappa shape index (κ2) is 6.98. The summed E-state index contributed by atoms with van der Waals surface area (Å²) in [6.07, 6.45) is 3.28. The third kappa shape index (κ3) is 4.29. The van der Waals surface area contributed by atoms with E-state index < -0.39 is 10.0 Å². The number of fused-ring (bicyclic) bond motifs is 1. The highest BCUT2D eigenvalue weighted by molar-refractivity contribution is 7.89. The van der Waals surface area contributed by atoms with Gasteiger partial charge in [-0.3, -0.25) is 4.98 Å². The molecule has 0 amide bonds. The van der Waals surface area contributed by atoms with Crippen molar-refractivity contribution in [2.24, 2.45) is 5.14 Å². The van der Waals surface area contributed by atoms with Gasteiger partial charge in [-0.1, -0.05) is 6.07 Å². The van der Waals surface area contributed by atoms with Gasteiger partial charge < -0.3 is 0 Å². The maximum absolute atomic E-state index is 11.0. The second-order valence-corrected chi connectivity index (χ2v) is 4.49. The van der Waals surface area contributed by atoms with Crippen molar-refractivity contribution in [3.63, 3.8) is 0 Å². The number of hydrogen-bond acceptors (Lipinski definition) is 3. The monoisotopic (exact) mass is 316 g/mol. The number of hydrogen-bond donors (Lipinski definition) is 1. The Morgan fingerprint density at radius 3 is 2.24 bits per heavy atom. The molecule has 2 rings (SSSR count). The van der Waals surface area contributed by atoms with Gasteiger partial charge in [0.1, 0.15) is 0 Å². The fraction of sp³-hybridized carbons (Fsp3) is 0. The minimum atomic E-state index is -3.61. The van der Waals surface area contributed by atoms with Crippen LogP contribution in [0.4, 0.5) is 0 Å². The number of aromatic nitrogens is 1. The van der Waals surface area contributed by atoms with Crippen LogP contribution < -0.4 is 5.14 Å². The third-order valence-electron chi connectivity index (χ3n) is 1.94. The first-order valence-electron chi connectivity index (χ1n) is 3.94. The predicted octanol–water partition coefficient (Wildman–Crippen LogP) is 2.15. The van der Waals surface area contributed by atoms with E-state index in [1.54, 1.807) is 24.5 Å². The van der Waals surface area contributed by atoms with E-state index in [1.165, 1.54) is 12.1 Å². The molecule has 0 aliphatic rings. The molecule has 96 valence electrons. The minimum Gasteiger partial charge on any atom is -0.264 e. The van der Waals surface area contributed by atoms with Crippen LogP contribution in [0.1, 0.15) is 0 Å². The molecule has 4 nitrogen and oxygen atoms in total. The molecule has 1 aromatic carbocycles. The summed E-state index contributed by atoms with van der Waals surface area (Å²) in [6, 6.07) is 6.43. The average molecular weight is 318 g/mol. The van der Waals surface area contributed by atoms with E-state index in [9.17, 15) is 8.42 Å². The third-order valence-corrected chi connectivity index (χ3v) is 2.85. The van der Waals surface area contributed by atoms with Gasteiger partial charge in [0.15, 0.2) is 0 Å². The van der Waals surface area contributed by atoms with E-state index in [0.29, 0.717) is 0 Å². The van der Waals surface area contributed by atoms with Crippen LogP contribution in [-0.2, 0) is 10.0 Å². The van der Waals surface area contributed by atoms with Gasteiger partial charge >= 0.3 is 0 Å². The van der Waals surface area contributed by atoms with Crippen molar-refractivity contribution in [1.29, 1.82) is 0 Å². The average Bonchev–Trinajstić information content (AvgIpc) is 2.16. The molecule has 0 saturated heterocycles. The van der Waals surface area contributed by atoms with Crippen LogP contribution in [0.15, 0.2) is 41.6 Å². The number of halogens is 3. The molecule has 2 N–H and O–H groups in total.